The first-order valence-corrected chi connectivity index (χ1v) is 5.94. The Morgan fingerprint density at radius 3 is 2.33 bits per heavy atom. The van der Waals surface area contributed by atoms with Gasteiger partial charge in [0.25, 0.3) is 0 Å². The van der Waals surface area contributed by atoms with Crippen LogP contribution in [0, 0.1) is 0 Å². The van der Waals surface area contributed by atoms with E-state index in [0.29, 0.717) is 5.75 Å². The molecule has 0 fully saturated rings. The molecule has 5 heteroatoms. The van der Waals surface area contributed by atoms with Crippen molar-refractivity contribution in [1.82, 2.24) is 0 Å². The zero-order valence-corrected chi connectivity index (χ0v) is 11.8. The molecule has 2 aromatic rings. The van der Waals surface area contributed by atoms with E-state index in [1.165, 1.54) is 0 Å². The summed E-state index contributed by atoms with van der Waals surface area (Å²) < 4.78 is 7.91. The molecule has 0 radical (unpaired) electrons. The highest BCUT2D eigenvalue weighted by Gasteiger charge is 2.10. The van der Waals surface area contributed by atoms with Crippen molar-refractivity contribution in [2.45, 2.75) is 6.54 Å². The summed E-state index contributed by atoms with van der Waals surface area (Å²) in [5.41, 5.74) is 0. The topological polar surface area (TPSA) is 30.2 Å². The van der Waals surface area contributed by atoms with E-state index in [9.17, 15) is 4.79 Å². The summed E-state index contributed by atoms with van der Waals surface area (Å²) in [4.78, 5) is 11.6. The first-order valence-electron chi connectivity index (χ1n) is 5.14. The standard InChI is InChI=1S/C13H11BrNO2.ClH/c14-11-4-6-12(7-5-11)17-13(16)10-15-8-2-1-3-9-15;/h1-9H,10H2;1H/q+1;/p-1. The van der Waals surface area contributed by atoms with E-state index in [-0.39, 0.29) is 24.9 Å². The average Bonchev–Trinajstić information content (AvgIpc) is 2.33. The highest BCUT2D eigenvalue weighted by atomic mass is 79.9. The van der Waals surface area contributed by atoms with E-state index in [4.69, 9.17) is 4.74 Å². The second-order valence-corrected chi connectivity index (χ2v) is 4.39. The number of benzene rings is 1. The van der Waals surface area contributed by atoms with Crippen LogP contribution in [0.2, 0.25) is 0 Å². The first kappa shape index (κ1) is 14.7. The summed E-state index contributed by atoms with van der Waals surface area (Å²) in [5.74, 6) is 0.262. The molecule has 1 aromatic heterocycles. The zero-order chi connectivity index (χ0) is 12.1. The fraction of sp³-hybridized carbons (Fsp3) is 0.0769. The maximum Gasteiger partial charge on any atom is 0.378 e. The minimum absolute atomic E-state index is 0. The van der Waals surface area contributed by atoms with Crippen LogP contribution in [-0.2, 0) is 11.3 Å². The second kappa shape index (κ2) is 7.13. The summed E-state index contributed by atoms with van der Waals surface area (Å²) in [6, 6.07) is 12.8. The lowest BCUT2D eigenvalue weighted by molar-refractivity contribution is -0.685. The van der Waals surface area contributed by atoms with Gasteiger partial charge in [-0.3, -0.25) is 0 Å². The third-order valence-electron chi connectivity index (χ3n) is 2.13. The van der Waals surface area contributed by atoms with Gasteiger partial charge in [-0.15, -0.1) is 0 Å². The summed E-state index contributed by atoms with van der Waals surface area (Å²) in [6.07, 6.45) is 3.64. The summed E-state index contributed by atoms with van der Waals surface area (Å²) >= 11 is 3.32. The van der Waals surface area contributed by atoms with Crippen LogP contribution in [-0.4, -0.2) is 5.97 Å². The average molecular weight is 329 g/mol. The molecule has 18 heavy (non-hydrogen) atoms. The maximum atomic E-state index is 11.6. The Balaban J connectivity index is 0.00000162. The van der Waals surface area contributed by atoms with E-state index in [1.807, 2.05) is 42.7 Å². The fourth-order valence-electron chi connectivity index (χ4n) is 1.36. The van der Waals surface area contributed by atoms with Crippen LogP contribution in [0.4, 0.5) is 0 Å². The number of hydrogen-bond donors (Lipinski definition) is 0. The van der Waals surface area contributed by atoms with Crippen LogP contribution in [0.3, 0.4) is 0 Å². The van der Waals surface area contributed by atoms with Gasteiger partial charge in [0.05, 0.1) is 0 Å². The number of halogens is 2. The number of nitrogens with zero attached hydrogens (tertiary/aromatic N) is 1. The van der Waals surface area contributed by atoms with Crippen LogP contribution in [0.15, 0.2) is 59.3 Å². The molecule has 0 atom stereocenters. The van der Waals surface area contributed by atoms with E-state index in [1.54, 1.807) is 16.7 Å². The molecule has 3 nitrogen and oxygen atoms in total. The number of aromatic nitrogens is 1. The summed E-state index contributed by atoms with van der Waals surface area (Å²) in [7, 11) is 0. The molecular weight excluding hydrogens is 318 g/mol. The molecule has 0 spiro atoms. The van der Waals surface area contributed by atoms with Gasteiger partial charge in [0.1, 0.15) is 5.75 Å². The minimum atomic E-state index is -0.288. The quantitative estimate of drug-likeness (QED) is 0.426. The number of ether oxygens (including phenoxy) is 1. The van der Waals surface area contributed by atoms with Gasteiger partial charge in [-0.05, 0) is 24.3 Å². The molecule has 2 rings (SSSR count). The predicted octanol–water partition coefficient (Wildman–Crippen LogP) is -0.654. The summed E-state index contributed by atoms with van der Waals surface area (Å²) in [6.45, 7) is 0.205. The Labute approximate surface area is 120 Å². The van der Waals surface area contributed by atoms with Crippen molar-refractivity contribution >= 4 is 21.9 Å². The Hall–Kier alpha value is -1.39. The monoisotopic (exact) mass is 327 g/mol. The third-order valence-corrected chi connectivity index (χ3v) is 2.66. The third kappa shape index (κ3) is 4.47. The minimum Gasteiger partial charge on any atom is -1.00 e. The lowest BCUT2D eigenvalue weighted by atomic mass is 10.3. The van der Waals surface area contributed by atoms with Crippen molar-refractivity contribution in [3.8, 4) is 5.75 Å². The van der Waals surface area contributed by atoms with E-state index >= 15 is 0 Å². The Morgan fingerprint density at radius 2 is 1.72 bits per heavy atom. The zero-order valence-electron chi connectivity index (χ0n) is 9.42. The molecule has 0 aliphatic heterocycles. The molecule has 1 heterocycles. The molecule has 0 aliphatic rings. The molecule has 0 unspecified atom stereocenters. The molecule has 1 aromatic carbocycles. The van der Waals surface area contributed by atoms with Crippen molar-refractivity contribution in [3.05, 3.63) is 59.3 Å². The molecule has 0 N–H and O–H groups in total. The Bertz CT molecular complexity index is 502. The molecule has 94 valence electrons. The van der Waals surface area contributed by atoms with Gasteiger partial charge in [-0.1, -0.05) is 22.0 Å². The van der Waals surface area contributed by atoms with Gasteiger partial charge in [0.2, 0.25) is 6.54 Å². The van der Waals surface area contributed by atoms with E-state index in [2.05, 4.69) is 15.9 Å². The highest BCUT2D eigenvalue weighted by Crippen LogP contribution is 2.16. The molecule has 0 amide bonds. The van der Waals surface area contributed by atoms with Crippen molar-refractivity contribution in [3.63, 3.8) is 0 Å². The van der Waals surface area contributed by atoms with Crippen LogP contribution in [0.5, 0.6) is 5.75 Å². The van der Waals surface area contributed by atoms with Crippen molar-refractivity contribution in [1.29, 1.82) is 0 Å². The number of rotatable bonds is 3. The smallest absolute Gasteiger partial charge is 0.378 e. The first-order chi connectivity index (χ1) is 8.24. The lowest BCUT2D eigenvalue weighted by Gasteiger charge is -2.01. The van der Waals surface area contributed by atoms with Crippen molar-refractivity contribution < 1.29 is 26.5 Å². The van der Waals surface area contributed by atoms with Gasteiger partial charge < -0.3 is 17.1 Å². The molecule has 0 bridgehead atoms. The Kier molecular flexibility index (Phi) is 5.82. The number of pyridine rings is 1. The van der Waals surface area contributed by atoms with Crippen molar-refractivity contribution in [2.24, 2.45) is 0 Å². The normalized spacial score (nSPS) is 9.39. The second-order valence-electron chi connectivity index (χ2n) is 3.48. The maximum absolute atomic E-state index is 11.6. The van der Waals surface area contributed by atoms with E-state index < -0.39 is 0 Å². The largest absolute Gasteiger partial charge is 1.00 e. The number of carbonyl (C=O) groups excluding carboxylic acids is 1. The van der Waals surface area contributed by atoms with Gasteiger partial charge in [0.15, 0.2) is 12.4 Å². The van der Waals surface area contributed by atoms with Crippen LogP contribution in [0.1, 0.15) is 0 Å². The SMILES string of the molecule is O=C(C[n+]1ccccc1)Oc1ccc(Br)cc1.[Cl-]. The molecule has 0 saturated heterocycles. The number of carbonyl (C=O) groups is 1. The van der Waals surface area contributed by atoms with Crippen LogP contribution in [0.25, 0.3) is 0 Å². The van der Waals surface area contributed by atoms with Gasteiger partial charge in [0, 0.05) is 16.6 Å². The van der Waals surface area contributed by atoms with Crippen LogP contribution < -0.4 is 21.7 Å². The van der Waals surface area contributed by atoms with E-state index in [0.717, 1.165) is 4.47 Å². The highest BCUT2D eigenvalue weighted by molar-refractivity contribution is 9.10. The van der Waals surface area contributed by atoms with Gasteiger partial charge >= 0.3 is 5.97 Å². The van der Waals surface area contributed by atoms with Gasteiger partial charge in [-0.25, -0.2) is 4.79 Å². The molecule has 0 aliphatic carbocycles. The van der Waals surface area contributed by atoms with Crippen LogP contribution >= 0.6 is 15.9 Å². The van der Waals surface area contributed by atoms with Crippen molar-refractivity contribution in [2.75, 3.05) is 0 Å². The molecular formula is C13H11BrClNO2. The number of esters is 1. The predicted molar refractivity (Wildman–Crippen MR) is 66.4 cm³/mol. The lowest BCUT2D eigenvalue weighted by Crippen LogP contribution is -3.00. The summed E-state index contributed by atoms with van der Waals surface area (Å²) in [5, 5.41) is 0. The van der Waals surface area contributed by atoms with Gasteiger partial charge in [-0.2, -0.15) is 4.57 Å². The Morgan fingerprint density at radius 1 is 1.11 bits per heavy atom. The number of hydrogen-bond acceptors (Lipinski definition) is 2. The molecule has 0 saturated carbocycles. The fourth-order valence-corrected chi connectivity index (χ4v) is 1.62.